The van der Waals surface area contributed by atoms with Crippen molar-refractivity contribution in [1.82, 2.24) is 5.32 Å². The van der Waals surface area contributed by atoms with E-state index in [2.05, 4.69) is 10.6 Å². The second kappa shape index (κ2) is 8.99. The van der Waals surface area contributed by atoms with Crippen molar-refractivity contribution in [1.29, 1.82) is 0 Å². The Morgan fingerprint density at radius 3 is 2.28 bits per heavy atom. The van der Waals surface area contributed by atoms with Crippen LogP contribution in [0.2, 0.25) is 0 Å². The first-order valence-corrected chi connectivity index (χ1v) is 8.52. The highest BCUT2D eigenvalue weighted by molar-refractivity contribution is 5.96. The fourth-order valence-corrected chi connectivity index (χ4v) is 2.43. The molecule has 0 aliphatic carbocycles. The second-order valence-electron chi connectivity index (χ2n) is 6.05. The third-order valence-corrected chi connectivity index (χ3v) is 4.09. The van der Waals surface area contributed by atoms with Crippen LogP contribution in [-0.4, -0.2) is 18.4 Å². The first kappa shape index (κ1) is 18.7. The molecular formula is C20H25N3O2. The van der Waals surface area contributed by atoms with Crippen molar-refractivity contribution in [2.45, 2.75) is 26.3 Å². The number of hydrogen-bond donors (Lipinski definition) is 3. The third-order valence-electron chi connectivity index (χ3n) is 4.09. The molecule has 2 amide bonds. The molecule has 25 heavy (non-hydrogen) atoms. The fraction of sp³-hybridized carbons (Fsp3) is 0.300. The van der Waals surface area contributed by atoms with E-state index < -0.39 is 0 Å². The Morgan fingerprint density at radius 2 is 1.68 bits per heavy atom. The Labute approximate surface area is 148 Å². The second-order valence-corrected chi connectivity index (χ2v) is 6.05. The van der Waals surface area contributed by atoms with Gasteiger partial charge in [-0.3, -0.25) is 9.59 Å². The normalized spacial score (nSPS) is 12.9. The molecule has 4 N–H and O–H groups in total. The Hall–Kier alpha value is -2.66. The number of rotatable bonds is 7. The molecule has 2 atom stereocenters. The van der Waals surface area contributed by atoms with E-state index in [0.717, 1.165) is 12.0 Å². The van der Waals surface area contributed by atoms with Crippen LogP contribution in [0.15, 0.2) is 54.6 Å². The van der Waals surface area contributed by atoms with Crippen LogP contribution in [0.1, 0.15) is 42.2 Å². The molecule has 5 heteroatoms. The summed E-state index contributed by atoms with van der Waals surface area (Å²) in [7, 11) is 0. The minimum atomic E-state index is -0.380. The molecule has 0 aliphatic heterocycles. The van der Waals surface area contributed by atoms with Gasteiger partial charge in [-0.15, -0.1) is 0 Å². The molecule has 5 nitrogen and oxygen atoms in total. The summed E-state index contributed by atoms with van der Waals surface area (Å²) in [4.78, 5) is 24.3. The maximum absolute atomic E-state index is 12.4. The quantitative estimate of drug-likeness (QED) is 0.725. The van der Waals surface area contributed by atoms with E-state index in [4.69, 9.17) is 5.73 Å². The van der Waals surface area contributed by atoms with Gasteiger partial charge in [0.25, 0.3) is 5.91 Å². The molecule has 0 radical (unpaired) electrons. The molecule has 0 saturated carbocycles. The monoisotopic (exact) mass is 339 g/mol. The number of carbonyl (C=O) groups excluding carboxylic acids is 2. The van der Waals surface area contributed by atoms with Gasteiger partial charge in [-0.05, 0) is 36.2 Å². The van der Waals surface area contributed by atoms with Crippen LogP contribution < -0.4 is 16.4 Å². The summed E-state index contributed by atoms with van der Waals surface area (Å²) in [6, 6.07) is 16.0. The Bertz CT molecular complexity index is 699. The summed E-state index contributed by atoms with van der Waals surface area (Å²) in [6.45, 7) is 4.45. The Morgan fingerprint density at radius 1 is 1.04 bits per heavy atom. The minimum absolute atomic E-state index is 0.112. The van der Waals surface area contributed by atoms with Gasteiger partial charge in [-0.1, -0.05) is 44.2 Å². The van der Waals surface area contributed by atoms with E-state index >= 15 is 0 Å². The lowest BCUT2D eigenvalue weighted by Crippen LogP contribution is -2.30. The van der Waals surface area contributed by atoms with E-state index in [-0.39, 0.29) is 23.8 Å². The predicted molar refractivity (Wildman–Crippen MR) is 100 cm³/mol. The molecule has 0 heterocycles. The van der Waals surface area contributed by atoms with Crippen molar-refractivity contribution in [3.05, 3.63) is 65.7 Å². The van der Waals surface area contributed by atoms with Gasteiger partial charge in [-0.25, -0.2) is 0 Å². The van der Waals surface area contributed by atoms with Crippen LogP contribution in [0.4, 0.5) is 5.69 Å². The van der Waals surface area contributed by atoms with Crippen LogP contribution in [0, 0.1) is 5.92 Å². The molecule has 0 bridgehead atoms. The Balaban J connectivity index is 1.97. The van der Waals surface area contributed by atoms with Crippen molar-refractivity contribution in [2.75, 3.05) is 11.9 Å². The molecule has 2 rings (SSSR count). The number of nitrogens with two attached hydrogens (primary N) is 1. The molecule has 2 unspecified atom stereocenters. The summed E-state index contributed by atoms with van der Waals surface area (Å²) in [5.41, 5.74) is 8.33. The Kier molecular flexibility index (Phi) is 6.71. The smallest absolute Gasteiger partial charge is 0.251 e. The molecule has 0 aromatic heterocycles. The highest BCUT2D eigenvalue weighted by Crippen LogP contribution is 2.21. The average Bonchev–Trinajstić information content (AvgIpc) is 2.66. The zero-order valence-electron chi connectivity index (χ0n) is 14.7. The molecule has 132 valence electrons. The van der Waals surface area contributed by atoms with Crippen molar-refractivity contribution in [3.8, 4) is 0 Å². The number of carbonyl (C=O) groups is 2. The van der Waals surface area contributed by atoms with Gasteiger partial charge < -0.3 is 16.4 Å². The van der Waals surface area contributed by atoms with E-state index in [1.165, 1.54) is 0 Å². The van der Waals surface area contributed by atoms with Crippen LogP contribution in [0.3, 0.4) is 0 Å². The van der Waals surface area contributed by atoms with E-state index in [1.54, 1.807) is 31.2 Å². The van der Waals surface area contributed by atoms with Crippen molar-refractivity contribution < 1.29 is 9.59 Å². The van der Waals surface area contributed by atoms with Crippen LogP contribution in [0.25, 0.3) is 0 Å². The summed E-state index contributed by atoms with van der Waals surface area (Å²) in [5, 5.41) is 5.67. The largest absolute Gasteiger partial charge is 0.352 e. The lowest BCUT2D eigenvalue weighted by molar-refractivity contribution is -0.120. The maximum atomic E-state index is 12.4. The van der Waals surface area contributed by atoms with Gasteiger partial charge in [-0.2, -0.15) is 0 Å². The number of anilines is 1. The van der Waals surface area contributed by atoms with E-state index in [1.807, 2.05) is 37.3 Å². The van der Waals surface area contributed by atoms with Gasteiger partial charge in [0.15, 0.2) is 0 Å². The minimum Gasteiger partial charge on any atom is -0.352 e. The first-order chi connectivity index (χ1) is 12.0. The topological polar surface area (TPSA) is 84.2 Å². The molecule has 0 spiro atoms. The van der Waals surface area contributed by atoms with Gasteiger partial charge >= 0.3 is 0 Å². The van der Waals surface area contributed by atoms with Crippen LogP contribution in [-0.2, 0) is 4.79 Å². The van der Waals surface area contributed by atoms with Crippen molar-refractivity contribution in [2.24, 2.45) is 11.7 Å². The molecular weight excluding hydrogens is 314 g/mol. The number of benzene rings is 2. The van der Waals surface area contributed by atoms with Gasteiger partial charge in [0.05, 0.1) is 5.92 Å². The lowest BCUT2D eigenvalue weighted by atomic mass is 9.94. The van der Waals surface area contributed by atoms with Crippen LogP contribution >= 0.6 is 0 Å². The van der Waals surface area contributed by atoms with Gasteiger partial charge in [0.2, 0.25) is 5.91 Å². The summed E-state index contributed by atoms with van der Waals surface area (Å²) in [6.07, 6.45) is 0.888. The van der Waals surface area contributed by atoms with Crippen molar-refractivity contribution >= 4 is 17.5 Å². The highest BCUT2D eigenvalue weighted by Gasteiger charge is 2.22. The summed E-state index contributed by atoms with van der Waals surface area (Å²) >= 11 is 0. The predicted octanol–water partition coefficient (Wildman–Crippen LogP) is 3.10. The van der Waals surface area contributed by atoms with Gasteiger partial charge in [0, 0.05) is 23.8 Å². The molecule has 0 saturated heterocycles. The van der Waals surface area contributed by atoms with Crippen LogP contribution in [0.5, 0.6) is 0 Å². The molecule has 2 aromatic rings. The van der Waals surface area contributed by atoms with E-state index in [0.29, 0.717) is 17.8 Å². The first-order valence-electron chi connectivity index (χ1n) is 8.52. The van der Waals surface area contributed by atoms with E-state index in [9.17, 15) is 9.59 Å². The third kappa shape index (κ3) is 5.16. The standard InChI is InChI=1S/C20H25N3O2/c1-3-13-22-20(25)16-9-11-17(12-10-16)23-19(24)14(2)18(21)15-7-5-4-6-8-15/h4-12,14,18H,3,13,21H2,1-2H3,(H,22,25)(H,23,24). The zero-order valence-corrected chi connectivity index (χ0v) is 14.7. The van der Waals surface area contributed by atoms with Crippen molar-refractivity contribution in [3.63, 3.8) is 0 Å². The molecule has 0 aliphatic rings. The number of nitrogens with one attached hydrogen (secondary N) is 2. The summed E-state index contributed by atoms with van der Waals surface area (Å²) in [5.74, 6) is -0.645. The lowest BCUT2D eigenvalue weighted by Gasteiger charge is -2.20. The van der Waals surface area contributed by atoms with Gasteiger partial charge in [0.1, 0.15) is 0 Å². The highest BCUT2D eigenvalue weighted by atomic mass is 16.2. The molecule has 2 aromatic carbocycles. The number of hydrogen-bond acceptors (Lipinski definition) is 3. The SMILES string of the molecule is CCCNC(=O)c1ccc(NC(=O)C(C)C(N)c2ccccc2)cc1. The fourth-order valence-electron chi connectivity index (χ4n) is 2.43. The zero-order chi connectivity index (χ0) is 18.2. The molecule has 0 fully saturated rings. The number of amides is 2. The average molecular weight is 339 g/mol. The summed E-state index contributed by atoms with van der Waals surface area (Å²) < 4.78 is 0. The maximum Gasteiger partial charge on any atom is 0.251 e.